The number of rotatable bonds is 4. The summed E-state index contributed by atoms with van der Waals surface area (Å²) >= 11 is 0. The average molecular weight is 330 g/mol. The highest BCUT2D eigenvalue weighted by Crippen LogP contribution is 2.28. The van der Waals surface area contributed by atoms with Crippen molar-refractivity contribution in [2.24, 2.45) is 11.8 Å². The van der Waals surface area contributed by atoms with E-state index in [1.165, 1.54) is 0 Å². The van der Waals surface area contributed by atoms with E-state index in [1.54, 1.807) is 12.1 Å². The van der Waals surface area contributed by atoms with Gasteiger partial charge in [-0.3, -0.25) is 9.59 Å². The Morgan fingerprint density at radius 2 is 1.83 bits per heavy atom. The predicted octanol–water partition coefficient (Wildman–Crippen LogP) is 1.82. The second kappa shape index (κ2) is 7.79. The molecule has 0 spiro atoms. The van der Waals surface area contributed by atoms with E-state index in [-0.39, 0.29) is 36.3 Å². The van der Waals surface area contributed by atoms with Crippen molar-refractivity contribution in [2.75, 3.05) is 19.7 Å². The number of amides is 2. The summed E-state index contributed by atoms with van der Waals surface area (Å²) in [5, 5.41) is 12.6. The molecular weight excluding hydrogens is 304 g/mol. The van der Waals surface area contributed by atoms with Gasteiger partial charge in [0.25, 0.3) is 5.91 Å². The third-order valence-electron chi connectivity index (χ3n) is 5.36. The molecule has 0 bridgehead atoms. The van der Waals surface area contributed by atoms with Crippen LogP contribution in [0, 0.1) is 11.8 Å². The van der Waals surface area contributed by atoms with Gasteiger partial charge >= 0.3 is 0 Å². The quantitative estimate of drug-likeness (QED) is 0.885. The smallest absolute Gasteiger partial charge is 0.251 e. The molecule has 1 aromatic rings. The Hall–Kier alpha value is -1.88. The first-order valence-corrected chi connectivity index (χ1v) is 8.94. The summed E-state index contributed by atoms with van der Waals surface area (Å²) in [5.74, 6) is 0.239. The largest absolute Gasteiger partial charge is 0.396 e. The SMILES string of the molecule is O=C(N[C@@H]1CN(C(=O)C2CCCC2)CC[C@@H]1CO)c1ccccc1. The van der Waals surface area contributed by atoms with Crippen molar-refractivity contribution in [3.05, 3.63) is 35.9 Å². The number of nitrogens with zero attached hydrogens (tertiary/aromatic N) is 1. The van der Waals surface area contributed by atoms with Crippen molar-refractivity contribution in [2.45, 2.75) is 38.1 Å². The Labute approximate surface area is 143 Å². The molecular formula is C19H26N2O3. The molecule has 2 aliphatic rings. The number of aliphatic hydroxyl groups is 1. The summed E-state index contributed by atoms with van der Waals surface area (Å²) in [6.07, 6.45) is 4.98. The Balaban J connectivity index is 1.65. The second-order valence-electron chi connectivity index (χ2n) is 6.94. The molecule has 24 heavy (non-hydrogen) atoms. The van der Waals surface area contributed by atoms with Gasteiger partial charge in [0.05, 0.1) is 6.04 Å². The van der Waals surface area contributed by atoms with Gasteiger partial charge in [-0.25, -0.2) is 0 Å². The number of hydrogen-bond acceptors (Lipinski definition) is 3. The van der Waals surface area contributed by atoms with Crippen molar-refractivity contribution in [1.29, 1.82) is 0 Å². The maximum atomic E-state index is 12.6. The molecule has 1 heterocycles. The monoisotopic (exact) mass is 330 g/mol. The molecule has 1 aliphatic heterocycles. The number of carbonyl (C=O) groups is 2. The lowest BCUT2D eigenvalue weighted by Crippen LogP contribution is -2.55. The molecule has 2 amide bonds. The van der Waals surface area contributed by atoms with Crippen LogP contribution in [0.4, 0.5) is 0 Å². The maximum absolute atomic E-state index is 12.6. The molecule has 0 unspecified atom stereocenters. The van der Waals surface area contributed by atoms with Crippen LogP contribution in [0.3, 0.4) is 0 Å². The molecule has 1 saturated carbocycles. The van der Waals surface area contributed by atoms with Crippen LogP contribution in [-0.4, -0.2) is 47.6 Å². The molecule has 5 nitrogen and oxygen atoms in total. The number of piperidine rings is 1. The summed E-state index contributed by atoms with van der Waals surface area (Å²) in [6, 6.07) is 8.88. The minimum atomic E-state index is -0.193. The lowest BCUT2D eigenvalue weighted by atomic mass is 9.91. The molecule has 1 saturated heterocycles. The minimum Gasteiger partial charge on any atom is -0.396 e. The summed E-state index contributed by atoms with van der Waals surface area (Å²) in [7, 11) is 0. The van der Waals surface area contributed by atoms with E-state index in [2.05, 4.69) is 5.32 Å². The first kappa shape index (κ1) is 17.0. The van der Waals surface area contributed by atoms with Crippen LogP contribution in [0.1, 0.15) is 42.5 Å². The third-order valence-corrected chi connectivity index (χ3v) is 5.36. The van der Waals surface area contributed by atoms with E-state index < -0.39 is 0 Å². The van der Waals surface area contributed by atoms with E-state index in [9.17, 15) is 14.7 Å². The zero-order valence-electron chi connectivity index (χ0n) is 14.0. The van der Waals surface area contributed by atoms with E-state index in [0.29, 0.717) is 18.7 Å². The molecule has 2 fully saturated rings. The van der Waals surface area contributed by atoms with Gasteiger partial charge in [-0.15, -0.1) is 0 Å². The molecule has 2 N–H and O–H groups in total. The Bertz CT molecular complexity index is 569. The Morgan fingerprint density at radius 3 is 2.50 bits per heavy atom. The van der Waals surface area contributed by atoms with Crippen LogP contribution in [0.15, 0.2) is 30.3 Å². The van der Waals surface area contributed by atoms with Crippen molar-refractivity contribution in [1.82, 2.24) is 10.2 Å². The van der Waals surface area contributed by atoms with E-state index >= 15 is 0 Å². The van der Waals surface area contributed by atoms with E-state index in [1.807, 2.05) is 23.1 Å². The highest BCUT2D eigenvalue weighted by Gasteiger charge is 2.35. The van der Waals surface area contributed by atoms with Gasteiger partial charge in [-0.1, -0.05) is 31.0 Å². The van der Waals surface area contributed by atoms with E-state index in [4.69, 9.17) is 0 Å². The zero-order valence-corrected chi connectivity index (χ0v) is 14.0. The third kappa shape index (κ3) is 3.78. The maximum Gasteiger partial charge on any atom is 0.251 e. The molecule has 0 radical (unpaired) electrons. The Morgan fingerprint density at radius 1 is 1.12 bits per heavy atom. The molecule has 0 aromatic heterocycles. The minimum absolute atomic E-state index is 0.00490. The number of benzene rings is 1. The van der Waals surface area contributed by atoms with Crippen LogP contribution in [-0.2, 0) is 4.79 Å². The highest BCUT2D eigenvalue weighted by atomic mass is 16.3. The van der Waals surface area contributed by atoms with Gasteiger partial charge in [0.1, 0.15) is 0 Å². The van der Waals surface area contributed by atoms with Crippen LogP contribution in [0.25, 0.3) is 0 Å². The molecule has 3 rings (SSSR count). The number of carbonyl (C=O) groups excluding carboxylic acids is 2. The van der Waals surface area contributed by atoms with Crippen LogP contribution < -0.4 is 5.32 Å². The summed E-state index contributed by atoms with van der Waals surface area (Å²) in [5.41, 5.74) is 0.605. The fourth-order valence-electron chi connectivity index (χ4n) is 3.86. The second-order valence-corrected chi connectivity index (χ2v) is 6.94. The van der Waals surface area contributed by atoms with E-state index in [0.717, 1.165) is 32.1 Å². The van der Waals surface area contributed by atoms with Gasteiger partial charge in [0.15, 0.2) is 0 Å². The molecule has 130 valence electrons. The number of hydrogen-bond donors (Lipinski definition) is 2. The van der Waals surface area contributed by atoms with Gasteiger partial charge < -0.3 is 15.3 Å². The van der Waals surface area contributed by atoms with Gasteiger partial charge in [0.2, 0.25) is 5.91 Å². The van der Waals surface area contributed by atoms with Crippen molar-refractivity contribution >= 4 is 11.8 Å². The molecule has 1 aliphatic carbocycles. The number of likely N-dealkylation sites (tertiary alicyclic amines) is 1. The lowest BCUT2D eigenvalue weighted by molar-refractivity contribution is -0.137. The standard InChI is InChI=1S/C19H26N2O3/c22-13-16-10-11-21(19(24)15-8-4-5-9-15)12-17(16)20-18(23)14-6-2-1-3-7-14/h1-3,6-7,15-17,22H,4-5,8-13H2,(H,20,23)/t16-,17-/m1/s1. The van der Waals surface area contributed by atoms with Gasteiger partial charge in [-0.05, 0) is 31.4 Å². The normalized spacial score (nSPS) is 24.8. The van der Waals surface area contributed by atoms with Crippen molar-refractivity contribution < 1.29 is 14.7 Å². The van der Waals surface area contributed by atoms with Gasteiger partial charge in [-0.2, -0.15) is 0 Å². The van der Waals surface area contributed by atoms with Crippen LogP contribution in [0.5, 0.6) is 0 Å². The number of nitrogens with one attached hydrogen (secondary N) is 1. The molecule has 5 heteroatoms. The average Bonchev–Trinajstić information content (AvgIpc) is 3.16. The van der Waals surface area contributed by atoms with Crippen LogP contribution >= 0.6 is 0 Å². The summed E-state index contributed by atoms with van der Waals surface area (Å²) < 4.78 is 0. The van der Waals surface area contributed by atoms with Crippen molar-refractivity contribution in [3.8, 4) is 0 Å². The van der Waals surface area contributed by atoms with Crippen LogP contribution in [0.2, 0.25) is 0 Å². The topological polar surface area (TPSA) is 69.6 Å². The molecule has 1 aromatic carbocycles. The lowest BCUT2D eigenvalue weighted by Gasteiger charge is -2.39. The van der Waals surface area contributed by atoms with Crippen molar-refractivity contribution in [3.63, 3.8) is 0 Å². The summed E-state index contributed by atoms with van der Waals surface area (Å²) in [6.45, 7) is 1.21. The highest BCUT2D eigenvalue weighted by molar-refractivity contribution is 5.94. The first-order valence-electron chi connectivity index (χ1n) is 8.94. The Kier molecular flexibility index (Phi) is 5.51. The van der Waals surface area contributed by atoms with Gasteiger partial charge in [0, 0.05) is 37.1 Å². The predicted molar refractivity (Wildman–Crippen MR) is 91.4 cm³/mol. The fraction of sp³-hybridized carbons (Fsp3) is 0.579. The summed E-state index contributed by atoms with van der Waals surface area (Å²) in [4.78, 5) is 26.9. The first-order chi connectivity index (χ1) is 11.7. The fourth-order valence-corrected chi connectivity index (χ4v) is 3.86. The molecule has 2 atom stereocenters. The number of aliphatic hydroxyl groups excluding tert-OH is 1. The zero-order chi connectivity index (χ0) is 16.9.